The maximum atomic E-state index is 11.9. The van der Waals surface area contributed by atoms with Crippen LogP contribution in [0.5, 0.6) is 0 Å². The van der Waals surface area contributed by atoms with Gasteiger partial charge in [0, 0.05) is 43.2 Å². The summed E-state index contributed by atoms with van der Waals surface area (Å²) in [6.45, 7) is 4.75. The molecule has 0 bridgehead atoms. The van der Waals surface area contributed by atoms with E-state index in [9.17, 15) is 4.79 Å². The van der Waals surface area contributed by atoms with Crippen molar-refractivity contribution in [3.05, 3.63) is 16.6 Å². The highest BCUT2D eigenvalue weighted by Gasteiger charge is 2.16. The van der Waals surface area contributed by atoms with Crippen molar-refractivity contribution in [2.24, 2.45) is 0 Å². The second-order valence-corrected chi connectivity index (χ2v) is 5.69. The third-order valence-electron chi connectivity index (χ3n) is 3.38. The van der Waals surface area contributed by atoms with Gasteiger partial charge in [-0.15, -0.1) is 11.3 Å². The van der Waals surface area contributed by atoms with Gasteiger partial charge in [0.15, 0.2) is 0 Å². The zero-order chi connectivity index (χ0) is 12.8. The highest BCUT2D eigenvalue weighted by molar-refractivity contribution is 7.09. The summed E-state index contributed by atoms with van der Waals surface area (Å²) in [7, 11) is 0. The normalized spacial score (nSPS) is 17.7. The lowest BCUT2D eigenvalue weighted by molar-refractivity contribution is -0.131. The third-order valence-corrected chi connectivity index (χ3v) is 4.33. The lowest BCUT2D eigenvalue weighted by Crippen LogP contribution is -2.37. The summed E-state index contributed by atoms with van der Waals surface area (Å²) in [6.07, 6.45) is 6.08. The minimum Gasteiger partial charge on any atom is -0.343 e. The van der Waals surface area contributed by atoms with Gasteiger partial charge in [-0.1, -0.05) is 0 Å². The number of amides is 1. The van der Waals surface area contributed by atoms with Crippen LogP contribution in [0.1, 0.15) is 43.5 Å². The fourth-order valence-electron chi connectivity index (χ4n) is 2.24. The molecule has 1 atom stereocenters. The summed E-state index contributed by atoms with van der Waals surface area (Å²) in [5.74, 6) is 0.290. The topological polar surface area (TPSA) is 45.2 Å². The number of hydrogen-bond acceptors (Lipinski definition) is 4. The van der Waals surface area contributed by atoms with Gasteiger partial charge in [0.05, 0.1) is 5.51 Å². The molecule has 100 valence electrons. The monoisotopic (exact) mass is 267 g/mol. The second-order valence-electron chi connectivity index (χ2n) is 4.77. The van der Waals surface area contributed by atoms with E-state index in [0.29, 0.717) is 12.3 Å². The molecule has 5 heteroatoms. The molecular weight excluding hydrogens is 246 g/mol. The van der Waals surface area contributed by atoms with Gasteiger partial charge in [-0.2, -0.15) is 0 Å². The number of aromatic nitrogens is 1. The molecule has 1 unspecified atom stereocenters. The molecule has 1 aromatic heterocycles. The molecular formula is C13H21N3OS. The molecule has 1 fully saturated rings. The maximum absolute atomic E-state index is 11.9. The van der Waals surface area contributed by atoms with Crippen LogP contribution >= 0.6 is 11.3 Å². The molecule has 0 spiro atoms. The van der Waals surface area contributed by atoms with Crippen LogP contribution < -0.4 is 5.32 Å². The number of piperidine rings is 1. The first-order chi connectivity index (χ1) is 8.77. The van der Waals surface area contributed by atoms with Crippen LogP contribution in [0.2, 0.25) is 0 Å². The molecule has 0 aromatic carbocycles. The average Bonchev–Trinajstić information content (AvgIpc) is 2.93. The fraction of sp³-hybridized carbons (Fsp3) is 0.692. The zero-order valence-electron chi connectivity index (χ0n) is 10.9. The molecule has 1 aromatic rings. The molecule has 2 heterocycles. The van der Waals surface area contributed by atoms with Crippen LogP contribution in [0, 0.1) is 0 Å². The minimum atomic E-state index is 0.284. The SMILES string of the molecule is CC(NCCC(=O)N1CCCCC1)c1cncs1. The predicted molar refractivity (Wildman–Crippen MR) is 73.6 cm³/mol. The Morgan fingerprint density at radius 1 is 1.50 bits per heavy atom. The molecule has 1 N–H and O–H groups in total. The van der Waals surface area contributed by atoms with Gasteiger partial charge in [-0.05, 0) is 26.2 Å². The summed E-state index contributed by atoms with van der Waals surface area (Å²) >= 11 is 1.65. The zero-order valence-corrected chi connectivity index (χ0v) is 11.7. The summed E-state index contributed by atoms with van der Waals surface area (Å²) in [6, 6.07) is 0.284. The van der Waals surface area contributed by atoms with Gasteiger partial charge < -0.3 is 10.2 Å². The predicted octanol–water partition coefficient (Wildman–Crippen LogP) is 2.20. The van der Waals surface area contributed by atoms with Crippen LogP contribution in [-0.2, 0) is 4.79 Å². The summed E-state index contributed by atoms with van der Waals surface area (Å²) in [5, 5.41) is 3.38. The smallest absolute Gasteiger partial charge is 0.223 e. The van der Waals surface area contributed by atoms with E-state index in [0.717, 1.165) is 32.5 Å². The molecule has 0 saturated carbocycles. The van der Waals surface area contributed by atoms with Gasteiger partial charge in [-0.25, -0.2) is 0 Å². The van der Waals surface area contributed by atoms with Crippen LogP contribution in [0.4, 0.5) is 0 Å². The van der Waals surface area contributed by atoms with Gasteiger partial charge in [0.25, 0.3) is 0 Å². The Morgan fingerprint density at radius 2 is 2.28 bits per heavy atom. The molecule has 1 saturated heterocycles. The van der Waals surface area contributed by atoms with Crippen molar-refractivity contribution >= 4 is 17.2 Å². The molecule has 1 aliphatic heterocycles. The third kappa shape index (κ3) is 3.78. The summed E-state index contributed by atoms with van der Waals surface area (Å²) in [4.78, 5) is 19.2. The van der Waals surface area contributed by atoms with Crippen molar-refractivity contribution in [3.8, 4) is 0 Å². The van der Waals surface area contributed by atoms with Crippen molar-refractivity contribution in [2.75, 3.05) is 19.6 Å². The number of nitrogens with zero attached hydrogens (tertiary/aromatic N) is 2. The highest BCUT2D eigenvalue weighted by Crippen LogP contribution is 2.16. The largest absolute Gasteiger partial charge is 0.343 e. The number of thiazole rings is 1. The molecule has 2 rings (SSSR count). The summed E-state index contributed by atoms with van der Waals surface area (Å²) < 4.78 is 0. The van der Waals surface area contributed by atoms with Gasteiger partial charge in [0.2, 0.25) is 5.91 Å². The standard InChI is InChI=1S/C13H21N3OS/c1-11(12-9-14-10-18-12)15-6-5-13(17)16-7-3-2-4-8-16/h9-11,15H,2-8H2,1H3. The Kier molecular flexibility index (Phi) is 5.13. The lowest BCUT2D eigenvalue weighted by Gasteiger charge is -2.27. The Balaban J connectivity index is 1.67. The number of likely N-dealkylation sites (tertiary alicyclic amines) is 1. The highest BCUT2D eigenvalue weighted by atomic mass is 32.1. The Labute approximate surface area is 112 Å². The van der Waals surface area contributed by atoms with Crippen LogP contribution in [0.3, 0.4) is 0 Å². The molecule has 1 aliphatic rings. The maximum Gasteiger partial charge on any atom is 0.223 e. The van der Waals surface area contributed by atoms with E-state index in [1.165, 1.54) is 11.3 Å². The number of rotatable bonds is 5. The van der Waals surface area contributed by atoms with Crippen molar-refractivity contribution in [2.45, 2.75) is 38.6 Å². The van der Waals surface area contributed by atoms with E-state index >= 15 is 0 Å². The quantitative estimate of drug-likeness (QED) is 0.889. The van der Waals surface area contributed by atoms with Crippen molar-refractivity contribution < 1.29 is 4.79 Å². The van der Waals surface area contributed by atoms with E-state index in [1.807, 2.05) is 16.6 Å². The van der Waals surface area contributed by atoms with Crippen LogP contribution in [-0.4, -0.2) is 35.4 Å². The molecule has 0 radical (unpaired) electrons. The Bertz CT molecular complexity index is 360. The average molecular weight is 267 g/mol. The fourth-order valence-corrected chi connectivity index (χ4v) is 2.89. The van der Waals surface area contributed by atoms with E-state index in [-0.39, 0.29) is 6.04 Å². The van der Waals surface area contributed by atoms with Crippen molar-refractivity contribution in [3.63, 3.8) is 0 Å². The van der Waals surface area contributed by atoms with Crippen molar-refractivity contribution in [1.29, 1.82) is 0 Å². The van der Waals surface area contributed by atoms with E-state index < -0.39 is 0 Å². The van der Waals surface area contributed by atoms with E-state index in [4.69, 9.17) is 0 Å². The van der Waals surface area contributed by atoms with E-state index in [2.05, 4.69) is 17.2 Å². The number of carbonyl (C=O) groups excluding carboxylic acids is 1. The molecule has 4 nitrogen and oxygen atoms in total. The summed E-state index contributed by atoms with van der Waals surface area (Å²) in [5.41, 5.74) is 1.84. The van der Waals surface area contributed by atoms with Gasteiger partial charge in [0.1, 0.15) is 0 Å². The minimum absolute atomic E-state index is 0.284. The van der Waals surface area contributed by atoms with Gasteiger partial charge in [-0.3, -0.25) is 9.78 Å². The number of carbonyl (C=O) groups is 1. The number of nitrogens with one attached hydrogen (secondary N) is 1. The number of hydrogen-bond donors (Lipinski definition) is 1. The Hall–Kier alpha value is -0.940. The van der Waals surface area contributed by atoms with Gasteiger partial charge >= 0.3 is 0 Å². The first kappa shape index (κ1) is 13.5. The van der Waals surface area contributed by atoms with Crippen LogP contribution in [0.25, 0.3) is 0 Å². The van der Waals surface area contributed by atoms with E-state index in [1.54, 1.807) is 11.3 Å². The molecule has 18 heavy (non-hydrogen) atoms. The first-order valence-electron chi connectivity index (χ1n) is 6.67. The lowest BCUT2D eigenvalue weighted by atomic mass is 10.1. The van der Waals surface area contributed by atoms with Crippen molar-refractivity contribution in [1.82, 2.24) is 15.2 Å². The molecule has 0 aliphatic carbocycles. The Morgan fingerprint density at radius 3 is 2.94 bits per heavy atom. The van der Waals surface area contributed by atoms with Crippen LogP contribution in [0.15, 0.2) is 11.7 Å². The first-order valence-corrected chi connectivity index (χ1v) is 7.55. The second kappa shape index (κ2) is 6.85. The molecule has 1 amide bonds.